The van der Waals surface area contributed by atoms with Gasteiger partial charge in [0.25, 0.3) is 0 Å². The van der Waals surface area contributed by atoms with Crippen molar-refractivity contribution in [2.24, 2.45) is 0 Å². The molecule has 0 fully saturated rings. The van der Waals surface area contributed by atoms with E-state index >= 15 is 0 Å². The average Bonchev–Trinajstić information content (AvgIpc) is 2.47. The highest BCUT2D eigenvalue weighted by Crippen LogP contribution is 2.28. The van der Waals surface area contributed by atoms with Crippen LogP contribution in [0.5, 0.6) is 0 Å². The van der Waals surface area contributed by atoms with Crippen LogP contribution in [0.3, 0.4) is 0 Å². The predicted octanol–water partition coefficient (Wildman–Crippen LogP) is 2.22. The molecule has 0 aliphatic carbocycles. The van der Waals surface area contributed by atoms with Gasteiger partial charge >= 0.3 is 0 Å². The second-order valence-corrected chi connectivity index (χ2v) is 4.52. The number of nitrogens with one attached hydrogen (secondary N) is 1. The molecular formula is C14H15FN4. The van der Waals surface area contributed by atoms with E-state index < -0.39 is 0 Å². The Morgan fingerprint density at radius 3 is 3.00 bits per heavy atom. The zero-order chi connectivity index (χ0) is 13.2. The lowest BCUT2D eigenvalue weighted by atomic mass is 10.1. The third-order valence-electron chi connectivity index (χ3n) is 3.41. The molecule has 2 aromatic rings. The van der Waals surface area contributed by atoms with Crippen LogP contribution in [0.25, 0.3) is 0 Å². The molecule has 0 saturated heterocycles. The molecule has 0 radical (unpaired) electrons. The Morgan fingerprint density at radius 1 is 1.26 bits per heavy atom. The predicted molar refractivity (Wildman–Crippen MR) is 72.7 cm³/mol. The lowest BCUT2D eigenvalue weighted by Gasteiger charge is -2.30. The van der Waals surface area contributed by atoms with E-state index in [0.717, 1.165) is 24.2 Å². The van der Waals surface area contributed by atoms with Crippen LogP contribution >= 0.6 is 0 Å². The SMILES string of the molecule is CNc1nccc(N2CCc3ncccc3C2)c1F. The first-order chi connectivity index (χ1) is 9.29. The van der Waals surface area contributed by atoms with Gasteiger partial charge in [0.2, 0.25) is 0 Å². The first-order valence-electron chi connectivity index (χ1n) is 6.29. The summed E-state index contributed by atoms with van der Waals surface area (Å²) in [5, 5.41) is 2.77. The van der Waals surface area contributed by atoms with Crippen LogP contribution < -0.4 is 10.2 Å². The average molecular weight is 258 g/mol. The molecule has 0 spiro atoms. The summed E-state index contributed by atoms with van der Waals surface area (Å²) in [6.45, 7) is 1.46. The van der Waals surface area contributed by atoms with Gasteiger partial charge in [0.1, 0.15) is 0 Å². The largest absolute Gasteiger partial charge is 0.371 e. The van der Waals surface area contributed by atoms with Gasteiger partial charge < -0.3 is 10.2 Å². The molecular weight excluding hydrogens is 243 g/mol. The van der Waals surface area contributed by atoms with E-state index in [4.69, 9.17) is 0 Å². The normalized spacial score (nSPS) is 14.1. The van der Waals surface area contributed by atoms with E-state index in [0.29, 0.717) is 12.2 Å². The highest BCUT2D eigenvalue weighted by atomic mass is 19.1. The van der Waals surface area contributed by atoms with Crippen LogP contribution in [0, 0.1) is 5.82 Å². The maximum atomic E-state index is 14.3. The summed E-state index contributed by atoms with van der Waals surface area (Å²) < 4.78 is 14.3. The summed E-state index contributed by atoms with van der Waals surface area (Å²) in [5.74, 6) is -0.00757. The third kappa shape index (κ3) is 2.12. The summed E-state index contributed by atoms with van der Waals surface area (Å²) >= 11 is 0. The van der Waals surface area contributed by atoms with Gasteiger partial charge in [-0.1, -0.05) is 6.07 Å². The van der Waals surface area contributed by atoms with Crippen LogP contribution in [-0.4, -0.2) is 23.6 Å². The van der Waals surface area contributed by atoms with Crippen LogP contribution in [0.15, 0.2) is 30.6 Å². The summed E-state index contributed by atoms with van der Waals surface area (Å²) in [7, 11) is 1.67. The van der Waals surface area contributed by atoms with Crippen LogP contribution in [0.2, 0.25) is 0 Å². The van der Waals surface area contributed by atoms with E-state index in [1.54, 1.807) is 25.5 Å². The molecule has 0 unspecified atom stereocenters. The number of nitrogens with zero attached hydrogens (tertiary/aromatic N) is 3. The Morgan fingerprint density at radius 2 is 2.16 bits per heavy atom. The van der Waals surface area contributed by atoms with E-state index in [9.17, 15) is 4.39 Å². The van der Waals surface area contributed by atoms with E-state index in [-0.39, 0.29) is 11.6 Å². The minimum absolute atomic E-state index is 0.287. The van der Waals surface area contributed by atoms with Crippen molar-refractivity contribution in [3.63, 3.8) is 0 Å². The third-order valence-corrected chi connectivity index (χ3v) is 3.41. The zero-order valence-corrected chi connectivity index (χ0v) is 10.7. The van der Waals surface area contributed by atoms with Crippen molar-refractivity contribution in [1.82, 2.24) is 9.97 Å². The van der Waals surface area contributed by atoms with Gasteiger partial charge in [-0.2, -0.15) is 0 Å². The van der Waals surface area contributed by atoms with Gasteiger partial charge in [-0.15, -0.1) is 0 Å². The molecule has 3 heterocycles. The summed E-state index contributed by atoms with van der Waals surface area (Å²) in [6.07, 6.45) is 4.27. The molecule has 0 atom stereocenters. The maximum Gasteiger partial charge on any atom is 0.188 e. The van der Waals surface area contributed by atoms with Gasteiger partial charge in [0.15, 0.2) is 11.6 Å². The number of aromatic nitrogens is 2. The molecule has 4 nitrogen and oxygen atoms in total. The summed E-state index contributed by atoms with van der Waals surface area (Å²) in [5.41, 5.74) is 2.87. The molecule has 2 aromatic heterocycles. The molecule has 3 rings (SSSR count). The molecule has 1 aliphatic rings. The number of pyridine rings is 2. The van der Waals surface area contributed by atoms with Crippen LogP contribution in [0.4, 0.5) is 15.9 Å². The van der Waals surface area contributed by atoms with Crippen LogP contribution in [-0.2, 0) is 13.0 Å². The molecule has 0 aromatic carbocycles. The number of fused-ring (bicyclic) bond motifs is 1. The molecule has 1 N–H and O–H groups in total. The van der Waals surface area contributed by atoms with Gasteiger partial charge in [0.05, 0.1) is 5.69 Å². The lowest BCUT2D eigenvalue weighted by molar-refractivity contribution is 0.606. The molecule has 5 heteroatoms. The monoisotopic (exact) mass is 258 g/mol. The molecule has 0 amide bonds. The number of hydrogen-bond donors (Lipinski definition) is 1. The number of hydrogen-bond acceptors (Lipinski definition) is 4. The Bertz CT molecular complexity index is 600. The molecule has 98 valence electrons. The Labute approximate surface area is 111 Å². The van der Waals surface area contributed by atoms with Gasteiger partial charge in [-0.3, -0.25) is 4.98 Å². The Kier molecular flexibility index (Phi) is 3.03. The molecule has 19 heavy (non-hydrogen) atoms. The van der Waals surface area contributed by atoms with Crippen molar-refractivity contribution in [3.05, 3.63) is 47.7 Å². The fourth-order valence-electron chi connectivity index (χ4n) is 2.42. The van der Waals surface area contributed by atoms with Gasteiger partial charge in [0, 0.05) is 44.6 Å². The lowest BCUT2D eigenvalue weighted by Crippen LogP contribution is -2.31. The fourth-order valence-corrected chi connectivity index (χ4v) is 2.42. The Hall–Kier alpha value is -2.17. The molecule has 1 aliphatic heterocycles. The van der Waals surface area contributed by atoms with Crippen molar-refractivity contribution in [2.45, 2.75) is 13.0 Å². The van der Waals surface area contributed by atoms with Crippen molar-refractivity contribution in [3.8, 4) is 0 Å². The summed E-state index contributed by atoms with van der Waals surface area (Å²) in [6, 6.07) is 5.69. The number of rotatable bonds is 2. The number of halogens is 1. The first-order valence-corrected chi connectivity index (χ1v) is 6.29. The minimum atomic E-state index is -0.294. The molecule has 0 saturated carbocycles. The quantitative estimate of drug-likeness (QED) is 0.896. The van der Waals surface area contributed by atoms with E-state index in [1.165, 1.54) is 0 Å². The minimum Gasteiger partial charge on any atom is -0.371 e. The fraction of sp³-hybridized carbons (Fsp3) is 0.286. The van der Waals surface area contributed by atoms with Crippen molar-refractivity contribution in [1.29, 1.82) is 0 Å². The van der Waals surface area contributed by atoms with Crippen molar-refractivity contribution < 1.29 is 4.39 Å². The van der Waals surface area contributed by atoms with Crippen molar-refractivity contribution >= 4 is 11.5 Å². The van der Waals surface area contributed by atoms with Crippen molar-refractivity contribution in [2.75, 3.05) is 23.8 Å². The maximum absolute atomic E-state index is 14.3. The van der Waals surface area contributed by atoms with E-state index in [1.807, 2.05) is 17.0 Å². The Balaban J connectivity index is 1.93. The smallest absolute Gasteiger partial charge is 0.188 e. The number of anilines is 2. The standard InChI is InChI=1S/C14H15FN4/c1-16-14-13(15)12(4-7-18-14)19-8-5-11-10(9-19)3-2-6-17-11/h2-4,6-7H,5,8-9H2,1H3,(H,16,18). The molecule has 0 bridgehead atoms. The van der Waals surface area contributed by atoms with Crippen LogP contribution in [0.1, 0.15) is 11.3 Å². The highest BCUT2D eigenvalue weighted by molar-refractivity contribution is 5.56. The second kappa shape index (κ2) is 4.84. The van der Waals surface area contributed by atoms with E-state index in [2.05, 4.69) is 15.3 Å². The summed E-state index contributed by atoms with van der Waals surface area (Å²) in [4.78, 5) is 10.4. The zero-order valence-electron chi connectivity index (χ0n) is 10.7. The van der Waals surface area contributed by atoms with Gasteiger partial charge in [-0.05, 0) is 17.7 Å². The highest BCUT2D eigenvalue weighted by Gasteiger charge is 2.20. The topological polar surface area (TPSA) is 41.1 Å². The first kappa shape index (κ1) is 11.9. The van der Waals surface area contributed by atoms with Gasteiger partial charge in [-0.25, -0.2) is 9.37 Å². The second-order valence-electron chi connectivity index (χ2n) is 4.52.